The van der Waals surface area contributed by atoms with E-state index >= 15 is 0 Å². The Kier molecular flexibility index (Phi) is 5.31. The predicted molar refractivity (Wildman–Crippen MR) is 85.7 cm³/mol. The third-order valence-corrected chi connectivity index (χ3v) is 4.06. The van der Waals surface area contributed by atoms with Crippen LogP contribution >= 0.6 is 23.4 Å². The predicted octanol–water partition coefficient (Wildman–Crippen LogP) is 4.32. The first-order valence-corrected chi connectivity index (χ1v) is 7.33. The lowest BCUT2D eigenvalue weighted by molar-refractivity contribution is -0.114. The molecule has 2 rings (SSSR count). The molecule has 1 amide bonds. The van der Waals surface area contributed by atoms with Crippen LogP contribution in [0.1, 0.15) is 5.56 Å². The Balaban J connectivity index is 2.22. The Morgan fingerprint density at radius 3 is 2.71 bits per heavy atom. The molecule has 21 heavy (non-hydrogen) atoms. The standard InChI is InChI=1S/C16H13ClNO2S/c1-20-14-4-2-3-5-15(14)21-12-8-6-11(13(17)10-12)7-9-16(18)19/h2-10,18H,1H3. The highest BCUT2D eigenvalue weighted by Gasteiger charge is 2.06. The molecular weight excluding hydrogens is 306 g/mol. The van der Waals surface area contributed by atoms with E-state index in [4.69, 9.17) is 22.1 Å². The molecule has 3 nitrogen and oxygen atoms in total. The number of benzene rings is 2. The number of amides is 1. The van der Waals surface area contributed by atoms with Gasteiger partial charge in [-0.05, 0) is 35.9 Å². The summed E-state index contributed by atoms with van der Waals surface area (Å²) in [5.74, 6) is 0.0564. The lowest BCUT2D eigenvalue weighted by Crippen LogP contribution is -1.89. The zero-order chi connectivity index (χ0) is 15.2. The molecule has 1 N–H and O–H groups in total. The van der Waals surface area contributed by atoms with Gasteiger partial charge in [0.1, 0.15) is 5.75 Å². The van der Waals surface area contributed by atoms with Crippen LogP contribution < -0.4 is 10.5 Å². The molecule has 1 radical (unpaired) electrons. The number of hydrogen-bond donors (Lipinski definition) is 0. The number of nitrogens with one attached hydrogen (secondary N) is 1. The fourth-order valence-electron chi connectivity index (χ4n) is 1.70. The number of carbonyl (C=O) groups excluding carboxylic acids is 1. The van der Waals surface area contributed by atoms with Crippen molar-refractivity contribution in [1.29, 1.82) is 0 Å². The van der Waals surface area contributed by atoms with Crippen LogP contribution in [-0.4, -0.2) is 13.0 Å². The molecule has 0 heterocycles. The van der Waals surface area contributed by atoms with Crippen molar-refractivity contribution < 1.29 is 9.53 Å². The average molecular weight is 319 g/mol. The van der Waals surface area contributed by atoms with Crippen LogP contribution in [-0.2, 0) is 4.79 Å². The van der Waals surface area contributed by atoms with E-state index in [1.807, 2.05) is 42.5 Å². The number of hydrogen-bond acceptors (Lipinski definition) is 3. The van der Waals surface area contributed by atoms with E-state index in [0.717, 1.165) is 15.5 Å². The number of rotatable bonds is 5. The van der Waals surface area contributed by atoms with Crippen molar-refractivity contribution in [2.45, 2.75) is 9.79 Å². The first-order valence-electron chi connectivity index (χ1n) is 6.14. The van der Waals surface area contributed by atoms with E-state index in [1.54, 1.807) is 18.9 Å². The molecule has 0 spiro atoms. The Morgan fingerprint density at radius 1 is 1.29 bits per heavy atom. The quantitative estimate of drug-likeness (QED) is 0.771. The summed E-state index contributed by atoms with van der Waals surface area (Å²) in [4.78, 5) is 12.6. The first kappa shape index (κ1) is 15.5. The molecule has 0 saturated carbocycles. The fourth-order valence-corrected chi connectivity index (χ4v) is 2.98. The smallest absolute Gasteiger partial charge is 0.262 e. The van der Waals surface area contributed by atoms with Crippen molar-refractivity contribution in [2.24, 2.45) is 0 Å². The van der Waals surface area contributed by atoms with Gasteiger partial charge in [0.15, 0.2) is 0 Å². The summed E-state index contributed by atoms with van der Waals surface area (Å²) >= 11 is 7.73. The highest BCUT2D eigenvalue weighted by atomic mass is 35.5. The van der Waals surface area contributed by atoms with Crippen LogP contribution in [0.5, 0.6) is 5.75 Å². The van der Waals surface area contributed by atoms with Gasteiger partial charge in [-0.3, -0.25) is 10.5 Å². The zero-order valence-electron chi connectivity index (χ0n) is 11.3. The highest BCUT2D eigenvalue weighted by Crippen LogP contribution is 2.36. The van der Waals surface area contributed by atoms with Crippen LogP contribution in [0.2, 0.25) is 5.02 Å². The molecule has 0 bridgehead atoms. The molecule has 2 aromatic rings. The normalized spacial score (nSPS) is 10.8. The van der Waals surface area contributed by atoms with E-state index in [0.29, 0.717) is 10.6 Å². The molecule has 0 saturated heterocycles. The summed E-state index contributed by atoms with van der Waals surface area (Å²) in [5.41, 5.74) is 7.56. The van der Waals surface area contributed by atoms with Crippen LogP contribution in [0.3, 0.4) is 0 Å². The van der Waals surface area contributed by atoms with Crippen LogP contribution in [0.4, 0.5) is 0 Å². The molecule has 107 valence electrons. The van der Waals surface area contributed by atoms with Crippen LogP contribution in [0, 0.1) is 0 Å². The van der Waals surface area contributed by atoms with Crippen LogP contribution in [0.25, 0.3) is 6.08 Å². The molecule has 0 aliphatic carbocycles. The lowest BCUT2D eigenvalue weighted by atomic mass is 10.2. The third kappa shape index (κ3) is 4.28. The maximum Gasteiger partial charge on any atom is 0.262 e. The average Bonchev–Trinajstić information content (AvgIpc) is 2.47. The Hall–Kier alpha value is -1.91. The largest absolute Gasteiger partial charge is 0.496 e. The number of para-hydroxylation sites is 1. The second kappa shape index (κ2) is 7.20. The Morgan fingerprint density at radius 2 is 2.05 bits per heavy atom. The molecular formula is C16H13ClNO2S. The van der Waals surface area contributed by atoms with Crippen LogP contribution in [0.15, 0.2) is 58.3 Å². The molecule has 2 aromatic carbocycles. The monoisotopic (exact) mass is 318 g/mol. The number of ether oxygens (including phenoxy) is 1. The van der Waals surface area contributed by atoms with E-state index < -0.39 is 5.91 Å². The van der Waals surface area contributed by atoms with Gasteiger partial charge in [0.25, 0.3) is 5.91 Å². The Labute approximate surface area is 132 Å². The summed E-state index contributed by atoms with van der Waals surface area (Å²) in [7, 11) is 1.64. The van der Waals surface area contributed by atoms with E-state index in [1.165, 1.54) is 12.2 Å². The van der Waals surface area contributed by atoms with Crippen molar-refractivity contribution in [3.8, 4) is 5.75 Å². The van der Waals surface area contributed by atoms with E-state index in [2.05, 4.69) is 0 Å². The summed E-state index contributed by atoms with van der Waals surface area (Å²) in [6.45, 7) is 0. The number of carbonyl (C=O) groups is 1. The molecule has 0 aliphatic rings. The second-order valence-electron chi connectivity index (χ2n) is 4.13. The maximum atomic E-state index is 10.6. The van der Waals surface area contributed by atoms with Gasteiger partial charge >= 0.3 is 0 Å². The molecule has 5 heteroatoms. The van der Waals surface area contributed by atoms with Crippen molar-refractivity contribution in [3.05, 3.63) is 59.1 Å². The van der Waals surface area contributed by atoms with Gasteiger partial charge in [0, 0.05) is 16.0 Å². The van der Waals surface area contributed by atoms with Gasteiger partial charge in [-0.15, -0.1) is 0 Å². The van der Waals surface area contributed by atoms with Gasteiger partial charge in [-0.1, -0.05) is 41.6 Å². The Bertz CT molecular complexity index is 686. The second-order valence-corrected chi connectivity index (χ2v) is 5.66. The SMILES string of the molecule is COc1ccccc1Sc1ccc(C=CC([NH])=O)c(Cl)c1. The van der Waals surface area contributed by atoms with Gasteiger partial charge in [-0.25, -0.2) is 0 Å². The maximum absolute atomic E-state index is 10.6. The molecule has 0 atom stereocenters. The van der Waals surface area contributed by atoms with Gasteiger partial charge in [0.05, 0.1) is 12.0 Å². The van der Waals surface area contributed by atoms with Gasteiger partial charge in [-0.2, -0.15) is 0 Å². The van der Waals surface area contributed by atoms with Crippen molar-refractivity contribution >= 4 is 35.3 Å². The summed E-state index contributed by atoms with van der Waals surface area (Å²) in [5, 5.41) is 0.535. The minimum absolute atomic E-state index is 0.535. The van der Waals surface area contributed by atoms with Gasteiger partial charge < -0.3 is 4.74 Å². The number of methoxy groups -OCH3 is 1. The minimum atomic E-state index is -0.751. The van der Waals surface area contributed by atoms with Crippen molar-refractivity contribution in [2.75, 3.05) is 7.11 Å². The third-order valence-electron chi connectivity index (χ3n) is 2.68. The zero-order valence-corrected chi connectivity index (χ0v) is 12.9. The fraction of sp³-hybridized carbons (Fsp3) is 0.0625. The first-order chi connectivity index (χ1) is 10.1. The van der Waals surface area contributed by atoms with Gasteiger partial charge in [0.2, 0.25) is 0 Å². The number of halogens is 1. The van der Waals surface area contributed by atoms with Crippen molar-refractivity contribution in [3.63, 3.8) is 0 Å². The van der Waals surface area contributed by atoms with E-state index in [-0.39, 0.29) is 0 Å². The van der Waals surface area contributed by atoms with Crippen molar-refractivity contribution in [1.82, 2.24) is 5.73 Å². The topological polar surface area (TPSA) is 50.1 Å². The lowest BCUT2D eigenvalue weighted by Gasteiger charge is -2.08. The highest BCUT2D eigenvalue weighted by molar-refractivity contribution is 7.99. The molecule has 0 unspecified atom stereocenters. The minimum Gasteiger partial charge on any atom is -0.496 e. The summed E-state index contributed by atoms with van der Waals surface area (Å²) in [6, 6.07) is 13.3. The van der Waals surface area contributed by atoms with E-state index in [9.17, 15) is 4.79 Å². The summed E-state index contributed by atoms with van der Waals surface area (Å²) < 4.78 is 5.31. The molecule has 0 fully saturated rings. The molecule has 0 aromatic heterocycles. The summed E-state index contributed by atoms with van der Waals surface area (Å²) in [6.07, 6.45) is 2.71. The molecule has 0 aliphatic heterocycles.